The number of piperazine rings is 1. The van der Waals surface area contributed by atoms with Gasteiger partial charge in [0.15, 0.2) is 5.96 Å². The van der Waals surface area contributed by atoms with Gasteiger partial charge in [0.05, 0.1) is 12.2 Å². The SMILES string of the molecule is CN=C(NCc1cc2ccccc2o1)N1CCN(Cc2ccon2)CC1.I. The number of fused-ring (bicyclic) bond motifs is 1. The second-order valence-electron chi connectivity index (χ2n) is 6.41. The predicted octanol–water partition coefficient (Wildman–Crippen LogP) is 2.93. The fourth-order valence-corrected chi connectivity index (χ4v) is 3.29. The second-order valence-corrected chi connectivity index (χ2v) is 6.41. The molecule has 27 heavy (non-hydrogen) atoms. The molecule has 0 atom stereocenters. The van der Waals surface area contributed by atoms with Crippen LogP contribution in [0.25, 0.3) is 11.0 Å². The summed E-state index contributed by atoms with van der Waals surface area (Å²) < 4.78 is 10.8. The molecule has 2 aromatic heterocycles. The van der Waals surface area contributed by atoms with Crippen LogP contribution in [0.3, 0.4) is 0 Å². The van der Waals surface area contributed by atoms with Crippen molar-refractivity contribution in [3.8, 4) is 0 Å². The lowest BCUT2D eigenvalue weighted by atomic mass is 10.2. The van der Waals surface area contributed by atoms with Gasteiger partial charge in [-0.1, -0.05) is 23.4 Å². The number of halogens is 1. The third kappa shape index (κ3) is 4.81. The van der Waals surface area contributed by atoms with Crippen molar-refractivity contribution in [2.24, 2.45) is 4.99 Å². The predicted molar refractivity (Wildman–Crippen MR) is 115 cm³/mol. The monoisotopic (exact) mass is 481 g/mol. The highest BCUT2D eigenvalue weighted by Gasteiger charge is 2.20. The van der Waals surface area contributed by atoms with Crippen LogP contribution >= 0.6 is 24.0 Å². The van der Waals surface area contributed by atoms with Crippen LogP contribution in [0.15, 0.2) is 56.6 Å². The molecule has 0 spiro atoms. The quantitative estimate of drug-likeness (QED) is 0.351. The van der Waals surface area contributed by atoms with E-state index in [1.807, 2.05) is 31.3 Å². The Morgan fingerprint density at radius 3 is 2.70 bits per heavy atom. The third-order valence-electron chi connectivity index (χ3n) is 4.66. The topological polar surface area (TPSA) is 70.0 Å². The fraction of sp³-hybridized carbons (Fsp3) is 0.368. The van der Waals surface area contributed by atoms with Crippen molar-refractivity contribution in [3.63, 3.8) is 0 Å². The number of rotatable bonds is 4. The van der Waals surface area contributed by atoms with Crippen LogP contribution in [0.1, 0.15) is 11.5 Å². The lowest BCUT2D eigenvalue weighted by molar-refractivity contribution is 0.169. The lowest BCUT2D eigenvalue weighted by Gasteiger charge is -2.36. The van der Waals surface area contributed by atoms with Gasteiger partial charge in [-0.3, -0.25) is 9.89 Å². The minimum Gasteiger partial charge on any atom is -0.459 e. The number of aliphatic imine (C=N–C) groups is 1. The van der Waals surface area contributed by atoms with Crippen molar-refractivity contribution < 1.29 is 8.94 Å². The fourth-order valence-electron chi connectivity index (χ4n) is 3.29. The van der Waals surface area contributed by atoms with Gasteiger partial charge in [0.25, 0.3) is 0 Å². The van der Waals surface area contributed by atoms with Gasteiger partial charge in [-0.2, -0.15) is 0 Å². The van der Waals surface area contributed by atoms with Crippen molar-refractivity contribution in [2.75, 3.05) is 33.2 Å². The van der Waals surface area contributed by atoms with E-state index in [0.29, 0.717) is 6.54 Å². The third-order valence-corrected chi connectivity index (χ3v) is 4.66. The van der Waals surface area contributed by atoms with Crippen molar-refractivity contribution in [3.05, 3.63) is 54.1 Å². The Bertz CT molecular complexity index is 836. The van der Waals surface area contributed by atoms with Crippen molar-refractivity contribution >= 4 is 40.9 Å². The summed E-state index contributed by atoms with van der Waals surface area (Å²) in [6.07, 6.45) is 1.62. The van der Waals surface area contributed by atoms with Gasteiger partial charge in [-0.05, 0) is 12.1 Å². The summed E-state index contributed by atoms with van der Waals surface area (Å²) in [5, 5.41) is 8.52. The molecular formula is C19H24IN5O2. The molecule has 1 aliphatic rings. The van der Waals surface area contributed by atoms with Crippen molar-refractivity contribution in [2.45, 2.75) is 13.1 Å². The first-order valence-electron chi connectivity index (χ1n) is 8.86. The average molecular weight is 481 g/mol. The molecule has 4 rings (SSSR count). The average Bonchev–Trinajstić information content (AvgIpc) is 3.32. The van der Waals surface area contributed by atoms with Crippen LogP contribution in [-0.2, 0) is 13.1 Å². The Morgan fingerprint density at radius 1 is 1.19 bits per heavy atom. The zero-order chi connectivity index (χ0) is 17.8. The molecule has 0 aliphatic carbocycles. The number of hydrogen-bond donors (Lipinski definition) is 1. The molecular weight excluding hydrogens is 457 g/mol. The highest BCUT2D eigenvalue weighted by atomic mass is 127. The minimum atomic E-state index is 0. The van der Waals surface area contributed by atoms with Crippen LogP contribution in [0.2, 0.25) is 0 Å². The number of nitrogens with one attached hydrogen (secondary N) is 1. The number of guanidine groups is 1. The van der Waals surface area contributed by atoms with Crippen molar-refractivity contribution in [1.29, 1.82) is 0 Å². The summed E-state index contributed by atoms with van der Waals surface area (Å²) in [5.74, 6) is 1.82. The lowest BCUT2D eigenvalue weighted by Crippen LogP contribution is -2.52. The summed E-state index contributed by atoms with van der Waals surface area (Å²) in [6, 6.07) is 12.0. The molecule has 0 bridgehead atoms. The zero-order valence-electron chi connectivity index (χ0n) is 15.3. The van der Waals surface area contributed by atoms with Crippen LogP contribution in [0.4, 0.5) is 0 Å². The van der Waals surface area contributed by atoms with E-state index in [1.54, 1.807) is 6.26 Å². The number of nitrogens with zero attached hydrogens (tertiary/aromatic N) is 4. The molecule has 1 fully saturated rings. The molecule has 1 N–H and O–H groups in total. The molecule has 7 nitrogen and oxygen atoms in total. The Kier molecular flexibility index (Phi) is 6.73. The highest BCUT2D eigenvalue weighted by Crippen LogP contribution is 2.18. The van der Waals surface area contributed by atoms with Gasteiger partial charge in [0, 0.05) is 51.2 Å². The van der Waals surface area contributed by atoms with Gasteiger partial charge >= 0.3 is 0 Å². The molecule has 1 saturated heterocycles. The molecule has 144 valence electrons. The molecule has 1 aromatic carbocycles. The molecule has 3 heterocycles. The first-order chi connectivity index (χ1) is 12.8. The molecule has 0 saturated carbocycles. The van der Waals surface area contributed by atoms with Crippen LogP contribution in [0, 0.1) is 0 Å². The Labute approximate surface area is 175 Å². The van der Waals surface area contributed by atoms with E-state index in [0.717, 1.165) is 61.1 Å². The number of para-hydroxylation sites is 1. The zero-order valence-corrected chi connectivity index (χ0v) is 17.6. The largest absolute Gasteiger partial charge is 0.459 e. The van der Waals surface area contributed by atoms with Crippen LogP contribution in [0.5, 0.6) is 0 Å². The van der Waals surface area contributed by atoms with Crippen LogP contribution in [-0.4, -0.2) is 54.1 Å². The van der Waals surface area contributed by atoms with E-state index in [4.69, 9.17) is 8.94 Å². The Morgan fingerprint density at radius 2 is 2.00 bits per heavy atom. The maximum Gasteiger partial charge on any atom is 0.194 e. The first kappa shape index (κ1) is 19.7. The Hall–Kier alpha value is -2.07. The molecule has 0 radical (unpaired) electrons. The smallest absolute Gasteiger partial charge is 0.194 e. The molecule has 8 heteroatoms. The van der Waals surface area contributed by atoms with Gasteiger partial charge in [-0.25, -0.2) is 0 Å². The van der Waals surface area contributed by atoms with Crippen molar-refractivity contribution in [1.82, 2.24) is 20.3 Å². The van der Waals surface area contributed by atoms with Gasteiger partial charge in [0.1, 0.15) is 17.6 Å². The normalized spacial score (nSPS) is 15.7. The Balaban J connectivity index is 0.00000210. The van der Waals surface area contributed by atoms with E-state index in [1.165, 1.54) is 0 Å². The highest BCUT2D eigenvalue weighted by molar-refractivity contribution is 14.0. The number of hydrogen-bond acceptors (Lipinski definition) is 5. The maximum absolute atomic E-state index is 5.87. The van der Waals surface area contributed by atoms with E-state index in [-0.39, 0.29) is 24.0 Å². The van der Waals surface area contributed by atoms with E-state index >= 15 is 0 Å². The number of furan rings is 1. The molecule has 0 unspecified atom stereocenters. The van der Waals surface area contributed by atoms with Crippen LogP contribution < -0.4 is 5.32 Å². The maximum atomic E-state index is 5.87. The summed E-state index contributed by atoms with van der Waals surface area (Å²) in [6.45, 7) is 5.25. The van der Waals surface area contributed by atoms with Gasteiger partial charge in [-0.15, -0.1) is 24.0 Å². The molecule has 1 aliphatic heterocycles. The molecule has 0 amide bonds. The van der Waals surface area contributed by atoms with E-state index in [2.05, 4.69) is 37.4 Å². The second kappa shape index (κ2) is 9.23. The summed E-state index contributed by atoms with van der Waals surface area (Å²) in [7, 11) is 1.82. The first-order valence-corrected chi connectivity index (χ1v) is 8.86. The summed E-state index contributed by atoms with van der Waals surface area (Å²) >= 11 is 0. The summed E-state index contributed by atoms with van der Waals surface area (Å²) in [4.78, 5) is 9.08. The summed E-state index contributed by atoms with van der Waals surface area (Å²) in [5.41, 5.74) is 1.90. The van der Waals surface area contributed by atoms with Gasteiger partial charge in [0.2, 0.25) is 0 Å². The van der Waals surface area contributed by atoms with Gasteiger partial charge < -0.3 is 19.2 Å². The van der Waals surface area contributed by atoms with E-state index in [9.17, 15) is 0 Å². The molecule has 3 aromatic rings. The minimum absolute atomic E-state index is 0. The standard InChI is InChI=1S/C19H23N5O2.HI/c1-20-19(21-13-17-12-15-4-2-3-5-18(15)26-17)24-9-7-23(8-10-24)14-16-6-11-25-22-16;/h2-6,11-12H,7-10,13-14H2,1H3,(H,20,21);1H. The van der Waals surface area contributed by atoms with E-state index < -0.39 is 0 Å². The number of benzene rings is 1. The number of aromatic nitrogens is 1.